The number of rotatable bonds is 31. The predicted molar refractivity (Wildman–Crippen MR) is 160 cm³/mol. The first-order chi connectivity index (χ1) is 18.2. The van der Waals surface area contributed by atoms with E-state index in [0.717, 1.165) is 32.1 Å². The molecule has 9 heteroatoms. The van der Waals surface area contributed by atoms with Crippen molar-refractivity contribution in [3.05, 3.63) is 0 Å². The Labute approximate surface area is 234 Å². The second-order valence-electron chi connectivity index (χ2n) is 11.3. The lowest BCUT2D eigenvalue weighted by atomic mass is 10.0. The first kappa shape index (κ1) is 38.3. The molecule has 0 bridgehead atoms. The van der Waals surface area contributed by atoms with Gasteiger partial charge < -0.3 is 19.6 Å². The molecule has 0 rings (SSSR count). The van der Waals surface area contributed by atoms with E-state index in [1.807, 2.05) is 0 Å². The van der Waals surface area contributed by atoms with Gasteiger partial charge in [-0.2, -0.15) is 0 Å². The number of hydrogen-bond acceptors (Lipinski definition) is 3. The summed E-state index contributed by atoms with van der Waals surface area (Å²) in [7, 11) is -8.06. The second-order valence-corrected chi connectivity index (χ2v) is 14.3. The molecule has 0 amide bonds. The zero-order chi connectivity index (χ0) is 28.2. The highest BCUT2D eigenvalue weighted by atomic mass is 31.2. The highest BCUT2D eigenvalue weighted by molar-refractivity contribution is 7.51. The Bertz CT molecular complexity index is 527. The van der Waals surface area contributed by atoms with Crippen LogP contribution in [0.4, 0.5) is 0 Å². The zero-order valence-corrected chi connectivity index (χ0v) is 26.2. The average Bonchev–Trinajstić information content (AvgIpc) is 2.84. The van der Waals surface area contributed by atoms with Gasteiger partial charge in [0.15, 0.2) is 0 Å². The first-order valence-corrected chi connectivity index (χ1v) is 19.3. The smallest absolute Gasteiger partial charge is 0.324 e. The van der Waals surface area contributed by atoms with Crippen molar-refractivity contribution >= 4 is 15.4 Å². The molecule has 38 heavy (non-hydrogen) atoms. The van der Waals surface area contributed by atoms with Crippen molar-refractivity contribution in [3.63, 3.8) is 0 Å². The normalized spacial score (nSPS) is 12.4. The third-order valence-corrected chi connectivity index (χ3v) is 8.77. The standard InChI is InChI=1S/C29H62O7P2/c30-37(31,32)29-27-25-23-21-19-17-15-13-11-9-7-5-3-1-2-4-6-8-10-12-14-16-18-20-22-24-26-28-36-38(33,34)35/h1-29H2,(H2,30,31,32)(H2,33,34,35). The van der Waals surface area contributed by atoms with Crippen LogP contribution in [0, 0.1) is 0 Å². The van der Waals surface area contributed by atoms with Crippen LogP contribution in [-0.2, 0) is 13.7 Å². The van der Waals surface area contributed by atoms with Crippen LogP contribution < -0.4 is 0 Å². The summed E-state index contributed by atoms with van der Waals surface area (Å²) >= 11 is 0. The van der Waals surface area contributed by atoms with Crippen molar-refractivity contribution in [2.75, 3.05) is 12.8 Å². The fraction of sp³-hybridized carbons (Fsp3) is 1.00. The molecule has 0 saturated heterocycles. The number of unbranched alkanes of at least 4 members (excludes halogenated alkanes) is 26. The van der Waals surface area contributed by atoms with Gasteiger partial charge in [-0.3, -0.25) is 9.09 Å². The minimum Gasteiger partial charge on any atom is -0.324 e. The molecule has 0 spiro atoms. The molecule has 230 valence electrons. The van der Waals surface area contributed by atoms with Gasteiger partial charge in [0, 0.05) is 6.16 Å². The van der Waals surface area contributed by atoms with E-state index in [4.69, 9.17) is 19.6 Å². The highest BCUT2D eigenvalue weighted by Crippen LogP contribution is 2.36. The molecule has 0 atom stereocenters. The quantitative estimate of drug-likeness (QED) is 0.0472. The van der Waals surface area contributed by atoms with E-state index in [1.54, 1.807) is 0 Å². The second kappa shape index (κ2) is 27.4. The lowest BCUT2D eigenvalue weighted by Gasteiger charge is -2.05. The molecule has 0 aliphatic carbocycles. The molecule has 0 fully saturated rings. The summed E-state index contributed by atoms with van der Waals surface area (Å²) in [6.45, 7) is 0.157. The van der Waals surface area contributed by atoms with Crippen LogP contribution in [0.25, 0.3) is 0 Å². The number of phosphoric acid groups is 1. The van der Waals surface area contributed by atoms with Crippen LogP contribution in [-0.4, -0.2) is 32.3 Å². The average molecular weight is 585 g/mol. The monoisotopic (exact) mass is 584 g/mol. The van der Waals surface area contributed by atoms with Gasteiger partial charge in [0.05, 0.1) is 6.61 Å². The Morgan fingerprint density at radius 1 is 0.342 bits per heavy atom. The number of phosphoric ester groups is 1. The van der Waals surface area contributed by atoms with E-state index in [0.29, 0.717) is 6.42 Å². The minimum atomic E-state index is -4.28. The van der Waals surface area contributed by atoms with Crippen LogP contribution in [0.15, 0.2) is 0 Å². The fourth-order valence-corrected chi connectivity index (χ4v) is 6.03. The predicted octanol–water partition coefficient (Wildman–Crippen LogP) is 9.81. The van der Waals surface area contributed by atoms with Crippen LogP contribution in [0.3, 0.4) is 0 Å². The molecule has 0 aromatic rings. The van der Waals surface area contributed by atoms with Gasteiger partial charge in [-0.05, 0) is 12.8 Å². The molecule has 7 nitrogen and oxygen atoms in total. The van der Waals surface area contributed by atoms with E-state index in [9.17, 15) is 9.13 Å². The van der Waals surface area contributed by atoms with Gasteiger partial charge >= 0.3 is 15.4 Å². The molecule has 0 heterocycles. The molecule has 0 aliphatic heterocycles. The Balaban J connectivity index is 3.08. The van der Waals surface area contributed by atoms with Crippen LogP contribution in [0.2, 0.25) is 0 Å². The maximum atomic E-state index is 10.8. The van der Waals surface area contributed by atoms with Gasteiger partial charge in [-0.15, -0.1) is 0 Å². The fourth-order valence-electron chi connectivity index (χ4n) is 5.02. The maximum Gasteiger partial charge on any atom is 0.469 e. The largest absolute Gasteiger partial charge is 0.469 e. The van der Waals surface area contributed by atoms with E-state index in [-0.39, 0.29) is 12.8 Å². The first-order valence-electron chi connectivity index (χ1n) is 16.0. The van der Waals surface area contributed by atoms with Gasteiger partial charge in [0.25, 0.3) is 0 Å². The molecular weight excluding hydrogens is 522 g/mol. The molecule has 0 aliphatic rings. The van der Waals surface area contributed by atoms with Crippen molar-refractivity contribution < 1.29 is 33.2 Å². The van der Waals surface area contributed by atoms with Crippen molar-refractivity contribution in [1.29, 1.82) is 0 Å². The van der Waals surface area contributed by atoms with Crippen molar-refractivity contribution in [2.45, 2.75) is 173 Å². The number of hydrogen-bond donors (Lipinski definition) is 4. The summed E-state index contributed by atoms with van der Waals surface area (Å²) in [5, 5.41) is 0. The lowest BCUT2D eigenvalue weighted by Crippen LogP contribution is -1.92. The van der Waals surface area contributed by atoms with Crippen LogP contribution in [0.5, 0.6) is 0 Å². The zero-order valence-electron chi connectivity index (χ0n) is 24.4. The Morgan fingerprint density at radius 3 is 0.763 bits per heavy atom. The molecule has 0 saturated carbocycles. The topological polar surface area (TPSA) is 124 Å². The van der Waals surface area contributed by atoms with E-state index < -0.39 is 15.4 Å². The summed E-state index contributed by atoms with van der Waals surface area (Å²) in [5.74, 6) is 0. The molecular formula is C29H62O7P2. The third kappa shape index (κ3) is 36.3. The third-order valence-electron chi connectivity index (χ3n) is 7.35. The van der Waals surface area contributed by atoms with Crippen molar-refractivity contribution in [2.24, 2.45) is 0 Å². The highest BCUT2D eigenvalue weighted by Gasteiger charge is 2.12. The van der Waals surface area contributed by atoms with Crippen molar-refractivity contribution in [1.82, 2.24) is 0 Å². The van der Waals surface area contributed by atoms with Crippen molar-refractivity contribution in [3.8, 4) is 0 Å². The van der Waals surface area contributed by atoms with Gasteiger partial charge in [-0.1, -0.05) is 161 Å². The Hall–Kier alpha value is 0.260. The van der Waals surface area contributed by atoms with Crippen LogP contribution >= 0.6 is 15.4 Å². The molecule has 0 unspecified atom stereocenters. The van der Waals surface area contributed by atoms with E-state index in [1.165, 1.54) is 135 Å². The SMILES string of the molecule is O=P(O)(O)CCCCCCCCCCCCCCCCCCCCCCCCCCCCCOP(=O)(O)O. The summed E-state index contributed by atoms with van der Waals surface area (Å²) in [6.07, 6.45) is 33.9. The summed E-state index contributed by atoms with van der Waals surface area (Å²) < 4.78 is 25.8. The molecule has 0 radical (unpaired) electrons. The summed E-state index contributed by atoms with van der Waals surface area (Å²) in [6, 6.07) is 0. The maximum absolute atomic E-state index is 10.8. The van der Waals surface area contributed by atoms with E-state index >= 15 is 0 Å². The summed E-state index contributed by atoms with van der Waals surface area (Å²) in [4.78, 5) is 34.9. The van der Waals surface area contributed by atoms with Gasteiger partial charge in [0.2, 0.25) is 0 Å². The molecule has 4 N–H and O–H groups in total. The summed E-state index contributed by atoms with van der Waals surface area (Å²) in [5.41, 5.74) is 0. The molecule has 0 aromatic heterocycles. The van der Waals surface area contributed by atoms with E-state index in [2.05, 4.69) is 4.52 Å². The molecule has 0 aromatic carbocycles. The Kier molecular flexibility index (Phi) is 27.6. The van der Waals surface area contributed by atoms with Gasteiger partial charge in [0.1, 0.15) is 0 Å². The lowest BCUT2D eigenvalue weighted by molar-refractivity contribution is 0.193. The van der Waals surface area contributed by atoms with Gasteiger partial charge in [-0.25, -0.2) is 4.57 Å². The minimum absolute atomic E-state index is 0.0468. The van der Waals surface area contributed by atoms with Crippen LogP contribution in [0.1, 0.15) is 173 Å². The Morgan fingerprint density at radius 2 is 0.553 bits per heavy atom.